The van der Waals surface area contributed by atoms with Gasteiger partial charge in [0, 0.05) is 18.7 Å². The molecule has 1 aromatic carbocycles. The SMILES string of the molecule is COc1cc(C(=O)N[C@H](C)c2nc(C)no2)ccc1OC1CCN(C)CC1. The van der Waals surface area contributed by atoms with Gasteiger partial charge in [0.2, 0.25) is 5.89 Å². The number of nitrogens with one attached hydrogen (secondary N) is 1. The van der Waals surface area contributed by atoms with E-state index in [1.165, 1.54) is 0 Å². The van der Waals surface area contributed by atoms with Crippen LogP contribution in [0.15, 0.2) is 22.7 Å². The Kier molecular flexibility index (Phi) is 5.95. The second-order valence-corrected chi connectivity index (χ2v) is 6.86. The first-order valence-corrected chi connectivity index (χ1v) is 9.10. The van der Waals surface area contributed by atoms with Crippen molar-refractivity contribution in [3.05, 3.63) is 35.5 Å². The fourth-order valence-corrected chi connectivity index (χ4v) is 3.02. The molecule has 146 valence electrons. The lowest BCUT2D eigenvalue weighted by atomic mass is 10.1. The molecule has 8 nitrogen and oxygen atoms in total. The molecule has 0 bridgehead atoms. The normalized spacial score (nSPS) is 16.7. The smallest absolute Gasteiger partial charge is 0.252 e. The summed E-state index contributed by atoms with van der Waals surface area (Å²) in [6.45, 7) is 5.55. The van der Waals surface area contributed by atoms with Gasteiger partial charge in [-0.05, 0) is 51.9 Å². The van der Waals surface area contributed by atoms with Crippen molar-refractivity contribution in [3.63, 3.8) is 0 Å². The predicted octanol–water partition coefficient (Wildman–Crippen LogP) is 2.35. The van der Waals surface area contributed by atoms with Crippen molar-refractivity contribution < 1.29 is 18.8 Å². The van der Waals surface area contributed by atoms with Gasteiger partial charge in [0.1, 0.15) is 12.1 Å². The number of hydrogen-bond donors (Lipinski definition) is 1. The first-order valence-electron chi connectivity index (χ1n) is 9.10. The van der Waals surface area contributed by atoms with Gasteiger partial charge in [-0.1, -0.05) is 5.16 Å². The first-order chi connectivity index (χ1) is 13.0. The highest BCUT2D eigenvalue weighted by atomic mass is 16.5. The molecule has 1 saturated heterocycles. The Morgan fingerprint density at radius 1 is 1.33 bits per heavy atom. The second kappa shape index (κ2) is 8.39. The maximum atomic E-state index is 12.5. The Morgan fingerprint density at radius 3 is 2.70 bits per heavy atom. The average Bonchev–Trinajstić information content (AvgIpc) is 3.10. The molecule has 2 aromatic rings. The summed E-state index contributed by atoms with van der Waals surface area (Å²) in [7, 11) is 3.68. The van der Waals surface area contributed by atoms with Crippen LogP contribution in [0.5, 0.6) is 11.5 Å². The quantitative estimate of drug-likeness (QED) is 0.830. The number of nitrogens with zero attached hydrogens (tertiary/aromatic N) is 3. The molecule has 0 unspecified atom stereocenters. The molecule has 8 heteroatoms. The molecule has 1 aromatic heterocycles. The third-order valence-corrected chi connectivity index (χ3v) is 4.65. The summed E-state index contributed by atoms with van der Waals surface area (Å²) in [6, 6.07) is 4.81. The van der Waals surface area contributed by atoms with Gasteiger partial charge >= 0.3 is 0 Å². The van der Waals surface area contributed by atoms with E-state index in [4.69, 9.17) is 14.0 Å². The van der Waals surface area contributed by atoms with Crippen LogP contribution in [0, 0.1) is 6.92 Å². The molecule has 1 atom stereocenters. The summed E-state index contributed by atoms with van der Waals surface area (Å²) < 4.78 is 16.6. The third-order valence-electron chi connectivity index (χ3n) is 4.65. The number of methoxy groups -OCH3 is 1. The molecule has 0 spiro atoms. The molecule has 1 amide bonds. The number of hydrogen-bond acceptors (Lipinski definition) is 7. The highest BCUT2D eigenvalue weighted by molar-refractivity contribution is 5.95. The van der Waals surface area contributed by atoms with Gasteiger partial charge in [-0.2, -0.15) is 4.98 Å². The summed E-state index contributed by atoms with van der Waals surface area (Å²) in [5.41, 5.74) is 0.477. The van der Waals surface area contributed by atoms with Crippen LogP contribution in [0.3, 0.4) is 0 Å². The third kappa shape index (κ3) is 4.77. The van der Waals surface area contributed by atoms with E-state index in [1.54, 1.807) is 39.2 Å². The zero-order valence-corrected chi connectivity index (χ0v) is 16.2. The van der Waals surface area contributed by atoms with Gasteiger partial charge in [-0.3, -0.25) is 4.79 Å². The fourth-order valence-electron chi connectivity index (χ4n) is 3.02. The number of piperidine rings is 1. The van der Waals surface area contributed by atoms with Crippen LogP contribution in [0.25, 0.3) is 0 Å². The molecule has 0 aliphatic carbocycles. The Hall–Kier alpha value is -2.61. The standard InChI is InChI=1S/C19H26N4O4/c1-12(19-21-13(2)22-27-19)20-18(24)14-5-6-16(17(11-14)25-4)26-15-7-9-23(3)10-8-15/h5-6,11-12,15H,7-10H2,1-4H3,(H,20,24)/t12-/m1/s1. The summed E-state index contributed by atoms with van der Waals surface area (Å²) in [4.78, 5) is 19.0. The molecule has 1 fully saturated rings. The van der Waals surface area contributed by atoms with Crippen molar-refractivity contribution in [2.45, 2.75) is 38.8 Å². The molecule has 27 heavy (non-hydrogen) atoms. The van der Waals surface area contributed by atoms with Crippen LogP contribution in [-0.2, 0) is 0 Å². The first kappa shape index (κ1) is 19.2. The predicted molar refractivity (Wildman–Crippen MR) is 99.1 cm³/mol. The maximum Gasteiger partial charge on any atom is 0.252 e. The summed E-state index contributed by atoms with van der Waals surface area (Å²) in [5.74, 6) is 1.85. The van der Waals surface area contributed by atoms with Gasteiger partial charge in [0.15, 0.2) is 17.3 Å². The van der Waals surface area contributed by atoms with Crippen LogP contribution in [0.2, 0.25) is 0 Å². The van der Waals surface area contributed by atoms with Crippen LogP contribution in [0.4, 0.5) is 0 Å². The van der Waals surface area contributed by atoms with E-state index in [-0.39, 0.29) is 18.1 Å². The van der Waals surface area contributed by atoms with E-state index < -0.39 is 0 Å². The Bertz CT molecular complexity index is 784. The zero-order chi connectivity index (χ0) is 19.4. The van der Waals surface area contributed by atoms with Crippen molar-refractivity contribution in [2.75, 3.05) is 27.2 Å². The van der Waals surface area contributed by atoms with Gasteiger partial charge in [0.05, 0.1) is 7.11 Å². The minimum Gasteiger partial charge on any atom is -0.493 e. The summed E-state index contributed by atoms with van der Waals surface area (Å²) >= 11 is 0. The molecule has 0 saturated carbocycles. The van der Waals surface area contributed by atoms with Crippen molar-refractivity contribution in [1.82, 2.24) is 20.4 Å². The molecular formula is C19H26N4O4. The maximum absolute atomic E-state index is 12.5. The number of benzene rings is 1. The number of likely N-dealkylation sites (tertiary alicyclic amines) is 1. The van der Waals surface area contributed by atoms with Gasteiger partial charge in [-0.25, -0.2) is 0 Å². The molecule has 2 heterocycles. The summed E-state index contributed by atoms with van der Waals surface area (Å²) in [5, 5.41) is 6.59. The number of carbonyl (C=O) groups is 1. The highest BCUT2D eigenvalue weighted by Crippen LogP contribution is 2.30. The van der Waals surface area contributed by atoms with Crippen LogP contribution < -0.4 is 14.8 Å². The van der Waals surface area contributed by atoms with Crippen LogP contribution in [0.1, 0.15) is 47.9 Å². The number of rotatable bonds is 6. The number of carbonyl (C=O) groups excluding carboxylic acids is 1. The number of amides is 1. The molecule has 1 N–H and O–H groups in total. The molecule has 1 aliphatic heterocycles. The lowest BCUT2D eigenvalue weighted by Gasteiger charge is -2.29. The van der Waals surface area contributed by atoms with Crippen LogP contribution >= 0.6 is 0 Å². The van der Waals surface area contributed by atoms with E-state index >= 15 is 0 Å². The molecule has 0 radical (unpaired) electrons. The van der Waals surface area contributed by atoms with Crippen molar-refractivity contribution in [1.29, 1.82) is 0 Å². The van der Waals surface area contributed by atoms with Crippen molar-refractivity contribution in [3.8, 4) is 11.5 Å². The van der Waals surface area contributed by atoms with Crippen molar-refractivity contribution >= 4 is 5.91 Å². The number of aromatic nitrogens is 2. The second-order valence-electron chi connectivity index (χ2n) is 6.86. The average molecular weight is 374 g/mol. The minimum atomic E-state index is -0.389. The number of aryl methyl sites for hydroxylation is 1. The van der Waals surface area contributed by atoms with Gasteiger partial charge < -0.3 is 24.2 Å². The lowest BCUT2D eigenvalue weighted by molar-refractivity contribution is 0.0931. The number of ether oxygens (including phenoxy) is 2. The van der Waals surface area contributed by atoms with E-state index in [9.17, 15) is 4.79 Å². The van der Waals surface area contributed by atoms with E-state index in [0.29, 0.717) is 28.8 Å². The summed E-state index contributed by atoms with van der Waals surface area (Å²) in [6.07, 6.45) is 2.11. The van der Waals surface area contributed by atoms with Crippen LogP contribution in [-0.4, -0.2) is 54.3 Å². The Balaban J connectivity index is 1.66. The van der Waals surface area contributed by atoms with E-state index in [1.807, 2.05) is 0 Å². The van der Waals surface area contributed by atoms with E-state index in [0.717, 1.165) is 25.9 Å². The lowest BCUT2D eigenvalue weighted by Crippen LogP contribution is -2.35. The Labute approximate surface area is 158 Å². The minimum absolute atomic E-state index is 0.163. The van der Waals surface area contributed by atoms with E-state index in [2.05, 4.69) is 27.4 Å². The largest absolute Gasteiger partial charge is 0.493 e. The molecule has 1 aliphatic rings. The zero-order valence-electron chi connectivity index (χ0n) is 16.2. The molecule has 3 rings (SSSR count). The van der Waals surface area contributed by atoms with Gasteiger partial charge in [-0.15, -0.1) is 0 Å². The monoisotopic (exact) mass is 374 g/mol. The van der Waals surface area contributed by atoms with Gasteiger partial charge in [0.25, 0.3) is 5.91 Å². The fraction of sp³-hybridized carbons (Fsp3) is 0.526. The Morgan fingerprint density at radius 2 is 2.07 bits per heavy atom. The highest BCUT2D eigenvalue weighted by Gasteiger charge is 2.21. The van der Waals surface area contributed by atoms with Crippen molar-refractivity contribution in [2.24, 2.45) is 0 Å². The molecular weight excluding hydrogens is 348 g/mol. The topological polar surface area (TPSA) is 89.7 Å².